The van der Waals surface area contributed by atoms with E-state index in [1.165, 1.54) is 17.0 Å². The highest BCUT2D eigenvalue weighted by Gasteiger charge is 2.35. The van der Waals surface area contributed by atoms with E-state index in [1.54, 1.807) is 6.07 Å². The molecule has 0 bridgehead atoms. The Morgan fingerprint density at radius 2 is 2.20 bits per heavy atom. The van der Waals surface area contributed by atoms with Gasteiger partial charge in [0.15, 0.2) is 0 Å². The molecule has 0 spiro atoms. The molecule has 108 valence electrons. The van der Waals surface area contributed by atoms with Gasteiger partial charge in [-0.1, -0.05) is 15.9 Å². The number of carboxylic acids is 1. The average Bonchev–Trinajstić information content (AvgIpc) is 2.38. The van der Waals surface area contributed by atoms with E-state index in [1.807, 2.05) is 0 Å². The highest BCUT2D eigenvalue weighted by atomic mass is 79.9. The second kappa shape index (κ2) is 5.76. The minimum absolute atomic E-state index is 0.0581. The van der Waals surface area contributed by atoms with E-state index in [0.29, 0.717) is 10.9 Å². The molecule has 1 fully saturated rings. The lowest BCUT2D eigenvalue weighted by Crippen LogP contribution is -2.49. The van der Waals surface area contributed by atoms with Crippen molar-refractivity contribution in [1.82, 2.24) is 0 Å². The van der Waals surface area contributed by atoms with Crippen LogP contribution in [0.1, 0.15) is 12.8 Å². The maximum atomic E-state index is 11.3. The molecular formula is C12H13BrN2O5. The van der Waals surface area contributed by atoms with Crippen LogP contribution < -0.4 is 4.90 Å². The van der Waals surface area contributed by atoms with Crippen LogP contribution in [0.15, 0.2) is 22.7 Å². The number of hydrogen-bond acceptors (Lipinski definition) is 5. The largest absolute Gasteiger partial charge is 0.480 e. The molecule has 2 atom stereocenters. The fourth-order valence-corrected chi connectivity index (χ4v) is 2.70. The number of nitro benzene ring substituents is 1. The van der Waals surface area contributed by atoms with Gasteiger partial charge in [-0.25, -0.2) is 4.79 Å². The summed E-state index contributed by atoms with van der Waals surface area (Å²) in [5, 5.41) is 29.9. The maximum absolute atomic E-state index is 11.3. The van der Waals surface area contributed by atoms with Crippen LogP contribution in [0.3, 0.4) is 0 Å². The second-order valence-electron chi connectivity index (χ2n) is 4.62. The summed E-state index contributed by atoms with van der Waals surface area (Å²) >= 11 is 3.16. The number of rotatable bonds is 3. The van der Waals surface area contributed by atoms with E-state index in [4.69, 9.17) is 0 Å². The van der Waals surface area contributed by atoms with Crippen LogP contribution in [0.2, 0.25) is 0 Å². The summed E-state index contributed by atoms with van der Waals surface area (Å²) in [6, 6.07) is 3.54. The molecule has 2 rings (SSSR count). The molecule has 1 aromatic rings. The summed E-state index contributed by atoms with van der Waals surface area (Å²) in [5.41, 5.74) is 0.111. The number of carbonyl (C=O) groups is 1. The number of nitro groups is 1. The molecule has 1 aliphatic rings. The summed E-state index contributed by atoms with van der Waals surface area (Å²) in [6.45, 7) is 0.264. The SMILES string of the molecule is O=C(O)[C@@H]1CC(O)CCN1c1ccc(Br)cc1[N+](=O)[O-]. The Kier molecular flexibility index (Phi) is 4.24. The molecule has 2 N–H and O–H groups in total. The number of aliphatic carboxylic acids is 1. The number of piperidine rings is 1. The van der Waals surface area contributed by atoms with Crippen molar-refractivity contribution in [3.63, 3.8) is 0 Å². The van der Waals surface area contributed by atoms with Gasteiger partial charge in [-0.05, 0) is 18.6 Å². The highest BCUT2D eigenvalue weighted by Crippen LogP contribution is 2.35. The van der Waals surface area contributed by atoms with E-state index in [2.05, 4.69) is 15.9 Å². The molecule has 1 saturated heterocycles. The zero-order valence-corrected chi connectivity index (χ0v) is 12.0. The van der Waals surface area contributed by atoms with E-state index in [-0.39, 0.29) is 24.3 Å². The van der Waals surface area contributed by atoms with E-state index < -0.39 is 23.0 Å². The molecule has 0 aliphatic carbocycles. The summed E-state index contributed by atoms with van der Waals surface area (Å²) in [6.07, 6.45) is -0.249. The number of benzene rings is 1. The third-order valence-electron chi connectivity index (χ3n) is 3.30. The van der Waals surface area contributed by atoms with Crippen molar-refractivity contribution in [1.29, 1.82) is 0 Å². The Hall–Kier alpha value is -1.67. The maximum Gasteiger partial charge on any atom is 0.326 e. The normalized spacial score (nSPS) is 22.6. The molecule has 1 aliphatic heterocycles. The van der Waals surface area contributed by atoms with Crippen molar-refractivity contribution >= 4 is 33.3 Å². The van der Waals surface area contributed by atoms with Crippen LogP contribution in [-0.2, 0) is 4.79 Å². The van der Waals surface area contributed by atoms with Gasteiger partial charge >= 0.3 is 5.97 Å². The molecule has 0 amide bonds. The van der Waals surface area contributed by atoms with Crippen molar-refractivity contribution in [2.45, 2.75) is 25.0 Å². The third kappa shape index (κ3) is 2.91. The zero-order valence-electron chi connectivity index (χ0n) is 10.4. The van der Waals surface area contributed by atoms with Gasteiger partial charge in [0.2, 0.25) is 0 Å². The number of hydrogen-bond donors (Lipinski definition) is 2. The first kappa shape index (κ1) is 14.7. The summed E-state index contributed by atoms with van der Waals surface area (Å²) in [5.74, 6) is -1.10. The average molecular weight is 345 g/mol. The van der Waals surface area contributed by atoms with Gasteiger partial charge in [-0.15, -0.1) is 0 Å². The van der Waals surface area contributed by atoms with Gasteiger partial charge in [0.25, 0.3) is 5.69 Å². The zero-order chi connectivity index (χ0) is 14.9. The predicted octanol–water partition coefficient (Wildman–Crippen LogP) is 1.77. The first-order valence-electron chi connectivity index (χ1n) is 6.01. The van der Waals surface area contributed by atoms with Crippen molar-refractivity contribution in [2.75, 3.05) is 11.4 Å². The Morgan fingerprint density at radius 3 is 2.80 bits per heavy atom. The van der Waals surface area contributed by atoms with Crippen LogP contribution in [0, 0.1) is 10.1 Å². The number of nitrogens with zero attached hydrogens (tertiary/aromatic N) is 2. The molecule has 7 nitrogen and oxygen atoms in total. The molecule has 0 saturated carbocycles. The van der Waals surface area contributed by atoms with Gasteiger partial charge in [0.1, 0.15) is 11.7 Å². The van der Waals surface area contributed by atoms with Crippen molar-refractivity contribution in [3.8, 4) is 0 Å². The smallest absolute Gasteiger partial charge is 0.326 e. The Bertz CT molecular complexity index is 551. The highest BCUT2D eigenvalue weighted by molar-refractivity contribution is 9.10. The fourth-order valence-electron chi connectivity index (χ4n) is 2.35. The van der Waals surface area contributed by atoms with Gasteiger partial charge < -0.3 is 15.1 Å². The van der Waals surface area contributed by atoms with Crippen LogP contribution in [-0.4, -0.2) is 39.8 Å². The molecule has 8 heteroatoms. The van der Waals surface area contributed by atoms with Crippen molar-refractivity contribution in [2.24, 2.45) is 0 Å². The lowest BCUT2D eigenvalue weighted by molar-refractivity contribution is -0.384. The summed E-state index contributed by atoms with van der Waals surface area (Å²) in [4.78, 5) is 23.4. The number of carboxylic acid groups (broad SMARTS) is 1. The van der Waals surface area contributed by atoms with Gasteiger partial charge in [-0.3, -0.25) is 10.1 Å². The molecule has 0 radical (unpaired) electrons. The lowest BCUT2D eigenvalue weighted by atomic mass is 9.98. The van der Waals surface area contributed by atoms with E-state index >= 15 is 0 Å². The second-order valence-corrected chi connectivity index (χ2v) is 5.53. The fraction of sp³-hybridized carbons (Fsp3) is 0.417. The van der Waals surface area contributed by atoms with Crippen LogP contribution in [0.25, 0.3) is 0 Å². The van der Waals surface area contributed by atoms with Crippen molar-refractivity contribution < 1.29 is 19.9 Å². The Balaban J connectivity index is 2.43. The first-order chi connectivity index (χ1) is 9.40. The molecule has 0 aromatic heterocycles. The predicted molar refractivity (Wildman–Crippen MR) is 74.8 cm³/mol. The number of aliphatic hydroxyl groups excluding tert-OH is 1. The van der Waals surface area contributed by atoms with Crippen LogP contribution in [0.5, 0.6) is 0 Å². The Labute approximate surface area is 123 Å². The Morgan fingerprint density at radius 1 is 1.50 bits per heavy atom. The lowest BCUT2D eigenvalue weighted by Gasteiger charge is -2.36. The standard InChI is InChI=1S/C12H13BrN2O5/c13-7-1-2-9(10(5-7)15(19)20)14-4-3-8(16)6-11(14)12(17)18/h1-2,5,8,11,16H,3-4,6H2,(H,17,18)/t8?,11-/m0/s1. The molecule has 20 heavy (non-hydrogen) atoms. The first-order valence-corrected chi connectivity index (χ1v) is 6.81. The minimum Gasteiger partial charge on any atom is -0.480 e. The monoisotopic (exact) mass is 344 g/mol. The van der Waals surface area contributed by atoms with Crippen LogP contribution in [0.4, 0.5) is 11.4 Å². The summed E-state index contributed by atoms with van der Waals surface area (Å²) in [7, 11) is 0. The molecule has 1 aromatic carbocycles. The quantitative estimate of drug-likeness (QED) is 0.639. The third-order valence-corrected chi connectivity index (χ3v) is 3.80. The summed E-state index contributed by atoms with van der Waals surface area (Å²) < 4.78 is 0.553. The number of halogens is 1. The van der Waals surface area contributed by atoms with Gasteiger partial charge in [0, 0.05) is 23.5 Å². The topological polar surface area (TPSA) is 104 Å². The van der Waals surface area contributed by atoms with Gasteiger partial charge in [0.05, 0.1) is 11.0 Å². The molecular weight excluding hydrogens is 332 g/mol. The number of aliphatic hydroxyl groups is 1. The molecule has 1 heterocycles. The van der Waals surface area contributed by atoms with Gasteiger partial charge in [-0.2, -0.15) is 0 Å². The molecule has 1 unspecified atom stereocenters. The van der Waals surface area contributed by atoms with E-state index in [0.717, 1.165) is 0 Å². The van der Waals surface area contributed by atoms with E-state index in [9.17, 15) is 25.1 Å². The minimum atomic E-state index is -1.10. The van der Waals surface area contributed by atoms with Crippen LogP contribution >= 0.6 is 15.9 Å². The number of anilines is 1. The van der Waals surface area contributed by atoms with Crippen molar-refractivity contribution in [3.05, 3.63) is 32.8 Å².